The highest BCUT2D eigenvalue weighted by Gasteiger charge is 1.68. The molecule has 2 heteroatoms. The van der Waals surface area contributed by atoms with Crippen molar-refractivity contribution in [3.05, 3.63) is 12.3 Å². The number of nitrogens with zero attached hydrogens (tertiary/aromatic N) is 1. The van der Waals surface area contributed by atoms with E-state index < -0.39 is 0 Å². The smallest absolute Gasteiger partial charge is 0.00556 e. The number of rotatable bonds is 2. The third-order valence-electron chi connectivity index (χ3n) is 0.463. The van der Waals surface area contributed by atoms with Gasteiger partial charge in [0.1, 0.15) is 0 Å². The molecule has 1 nitrogen and oxygen atoms in total. The normalized spacial score (nSPS) is 9.43. The monoisotopic (exact) mass is 115 g/mol. The van der Waals surface area contributed by atoms with Gasteiger partial charge in [-0.25, -0.2) is 0 Å². The van der Waals surface area contributed by atoms with Gasteiger partial charge in [-0.3, -0.25) is 0 Å². The third kappa shape index (κ3) is 5.63. The number of allylic oxidation sites excluding steroid dienone is 1. The maximum Gasteiger partial charge on any atom is 0.00556 e. The molecular weight excluding hydrogens is 106 g/mol. The van der Waals surface area contributed by atoms with Crippen LogP contribution >= 0.6 is 12.2 Å². The van der Waals surface area contributed by atoms with Crippen LogP contribution in [0.2, 0.25) is 0 Å². The van der Waals surface area contributed by atoms with Gasteiger partial charge in [0.2, 0.25) is 0 Å². The minimum atomic E-state index is 1.58. The molecule has 0 atom stereocenters. The van der Waals surface area contributed by atoms with Crippen LogP contribution in [-0.2, 0) is 0 Å². The SMILES string of the molecule is CN(C)C=CC=S. The van der Waals surface area contributed by atoms with Gasteiger partial charge in [-0.2, -0.15) is 0 Å². The van der Waals surface area contributed by atoms with E-state index in [2.05, 4.69) is 12.2 Å². The predicted octanol–water partition coefficient (Wildman–Crippen LogP) is 1.06. The van der Waals surface area contributed by atoms with Gasteiger partial charge in [-0.1, -0.05) is 12.2 Å². The molecule has 0 heterocycles. The van der Waals surface area contributed by atoms with E-state index in [4.69, 9.17) is 0 Å². The lowest BCUT2D eigenvalue weighted by molar-refractivity contribution is 0.565. The summed E-state index contributed by atoms with van der Waals surface area (Å²) in [6, 6.07) is 0. The van der Waals surface area contributed by atoms with Crippen LogP contribution < -0.4 is 0 Å². The molecule has 40 valence electrons. The van der Waals surface area contributed by atoms with E-state index in [-0.39, 0.29) is 0 Å². The summed E-state index contributed by atoms with van der Waals surface area (Å²) in [5.41, 5.74) is 0. The summed E-state index contributed by atoms with van der Waals surface area (Å²) < 4.78 is 0. The molecule has 0 rings (SSSR count). The fourth-order valence-electron chi connectivity index (χ4n) is 0.207. The van der Waals surface area contributed by atoms with Crippen molar-refractivity contribution in [2.24, 2.45) is 0 Å². The lowest BCUT2D eigenvalue weighted by Crippen LogP contribution is -1.99. The van der Waals surface area contributed by atoms with Crippen molar-refractivity contribution in [3.8, 4) is 0 Å². The average Bonchev–Trinajstić information content (AvgIpc) is 1.61. The van der Waals surface area contributed by atoms with Gasteiger partial charge in [0, 0.05) is 19.5 Å². The molecule has 0 amide bonds. The van der Waals surface area contributed by atoms with Gasteiger partial charge in [0.15, 0.2) is 0 Å². The van der Waals surface area contributed by atoms with Crippen molar-refractivity contribution in [1.82, 2.24) is 4.90 Å². The largest absolute Gasteiger partial charge is 0.383 e. The molecule has 7 heavy (non-hydrogen) atoms. The Morgan fingerprint density at radius 3 is 2.14 bits per heavy atom. The molecule has 0 saturated carbocycles. The Bertz CT molecular complexity index is 76.1. The second-order valence-corrected chi connectivity index (χ2v) is 1.71. The van der Waals surface area contributed by atoms with Crippen LogP contribution in [0.1, 0.15) is 0 Å². The van der Waals surface area contributed by atoms with E-state index in [1.165, 1.54) is 0 Å². The quantitative estimate of drug-likeness (QED) is 0.391. The van der Waals surface area contributed by atoms with Crippen LogP contribution in [0.25, 0.3) is 0 Å². The Morgan fingerprint density at radius 1 is 1.43 bits per heavy atom. The van der Waals surface area contributed by atoms with Crippen LogP contribution in [0.15, 0.2) is 12.3 Å². The Kier molecular flexibility index (Phi) is 3.61. The van der Waals surface area contributed by atoms with Crippen LogP contribution in [-0.4, -0.2) is 24.4 Å². The molecular formula is C5H9NS. The summed E-state index contributed by atoms with van der Waals surface area (Å²) in [5.74, 6) is 0. The predicted molar refractivity (Wildman–Crippen MR) is 36.5 cm³/mol. The maximum absolute atomic E-state index is 4.53. The fourth-order valence-corrected chi connectivity index (χ4v) is 0.278. The second kappa shape index (κ2) is 3.81. The molecule has 0 fully saturated rings. The number of thiocarbonyl (C=S) groups is 1. The van der Waals surface area contributed by atoms with E-state index >= 15 is 0 Å². The zero-order chi connectivity index (χ0) is 5.70. The first-order chi connectivity index (χ1) is 3.27. The fraction of sp³-hybridized carbons (Fsp3) is 0.400. The van der Waals surface area contributed by atoms with Crippen molar-refractivity contribution in [3.63, 3.8) is 0 Å². The van der Waals surface area contributed by atoms with Crippen LogP contribution in [0.4, 0.5) is 0 Å². The molecule has 0 saturated heterocycles. The molecule has 0 radical (unpaired) electrons. The molecule has 0 aliphatic rings. The Hall–Kier alpha value is -0.370. The van der Waals surface area contributed by atoms with Crippen molar-refractivity contribution in [2.75, 3.05) is 14.1 Å². The minimum absolute atomic E-state index is 1.58. The van der Waals surface area contributed by atoms with E-state index in [0.29, 0.717) is 0 Å². The van der Waals surface area contributed by atoms with Crippen LogP contribution in [0.5, 0.6) is 0 Å². The summed E-state index contributed by atoms with van der Waals surface area (Å²) in [4.78, 5) is 1.93. The lowest BCUT2D eigenvalue weighted by atomic mass is 10.7. The summed E-state index contributed by atoms with van der Waals surface area (Å²) >= 11 is 4.53. The molecule has 0 aromatic carbocycles. The standard InChI is InChI=1S/C5H9NS/c1-6(2)4-3-5-7/h3-5H,1-2H3. The van der Waals surface area contributed by atoms with Crippen molar-refractivity contribution >= 4 is 17.6 Å². The number of hydrogen-bond donors (Lipinski definition) is 0. The van der Waals surface area contributed by atoms with Crippen LogP contribution in [0, 0.1) is 0 Å². The molecule has 0 bridgehead atoms. The first-order valence-corrected chi connectivity index (χ1v) is 2.53. The minimum Gasteiger partial charge on any atom is -0.383 e. The highest BCUT2D eigenvalue weighted by Crippen LogP contribution is 1.72. The van der Waals surface area contributed by atoms with E-state index in [1.54, 1.807) is 5.37 Å². The van der Waals surface area contributed by atoms with Gasteiger partial charge in [0.25, 0.3) is 0 Å². The first kappa shape index (κ1) is 6.63. The van der Waals surface area contributed by atoms with Crippen molar-refractivity contribution in [1.29, 1.82) is 0 Å². The third-order valence-corrected chi connectivity index (χ3v) is 0.620. The average molecular weight is 115 g/mol. The lowest BCUT2D eigenvalue weighted by Gasteiger charge is -1.99. The van der Waals surface area contributed by atoms with E-state index in [0.717, 1.165) is 0 Å². The van der Waals surface area contributed by atoms with Gasteiger partial charge in [-0.15, -0.1) is 0 Å². The molecule has 0 unspecified atom stereocenters. The highest BCUT2D eigenvalue weighted by molar-refractivity contribution is 7.79. The summed E-state index contributed by atoms with van der Waals surface area (Å²) in [6.07, 6.45) is 3.71. The molecule has 0 aromatic rings. The molecule has 0 aliphatic carbocycles. The van der Waals surface area contributed by atoms with Gasteiger partial charge in [-0.05, 0) is 12.3 Å². The van der Waals surface area contributed by atoms with E-state index in [1.807, 2.05) is 31.3 Å². The Labute approximate surface area is 49.6 Å². The molecule has 0 spiro atoms. The summed E-state index contributed by atoms with van der Waals surface area (Å²) in [5, 5.41) is 1.58. The topological polar surface area (TPSA) is 3.24 Å². The van der Waals surface area contributed by atoms with Crippen LogP contribution in [0.3, 0.4) is 0 Å². The highest BCUT2D eigenvalue weighted by atomic mass is 32.1. The summed E-state index contributed by atoms with van der Waals surface area (Å²) in [7, 11) is 3.91. The van der Waals surface area contributed by atoms with Gasteiger partial charge < -0.3 is 4.90 Å². The van der Waals surface area contributed by atoms with Crippen molar-refractivity contribution in [2.45, 2.75) is 0 Å². The van der Waals surface area contributed by atoms with Gasteiger partial charge in [0.05, 0.1) is 0 Å². The zero-order valence-corrected chi connectivity index (χ0v) is 5.40. The molecule has 0 N–H and O–H groups in total. The summed E-state index contributed by atoms with van der Waals surface area (Å²) in [6.45, 7) is 0. The van der Waals surface area contributed by atoms with Gasteiger partial charge >= 0.3 is 0 Å². The van der Waals surface area contributed by atoms with E-state index in [9.17, 15) is 0 Å². The Balaban J connectivity index is 3.25. The number of hydrogen-bond acceptors (Lipinski definition) is 2. The Morgan fingerprint density at radius 2 is 2.00 bits per heavy atom. The molecule has 0 aliphatic heterocycles. The van der Waals surface area contributed by atoms with Crippen molar-refractivity contribution < 1.29 is 0 Å². The molecule has 0 aromatic heterocycles. The second-order valence-electron chi connectivity index (χ2n) is 1.44. The zero-order valence-electron chi connectivity index (χ0n) is 4.59. The maximum atomic E-state index is 4.53. The first-order valence-electron chi connectivity index (χ1n) is 2.05.